The fourth-order valence-electron chi connectivity index (χ4n) is 3.35. The smallest absolute Gasteiger partial charge is 0.264 e. The molecule has 1 aromatic rings. The number of allylic oxidation sites excluding steroid dienone is 4. The Hall–Kier alpha value is -2.07. The van der Waals surface area contributed by atoms with E-state index in [2.05, 4.69) is 70.2 Å². The molecule has 0 spiro atoms. The van der Waals surface area contributed by atoms with E-state index in [0.717, 1.165) is 60.4 Å². The lowest BCUT2D eigenvalue weighted by Crippen LogP contribution is -2.46. The first-order valence-electron chi connectivity index (χ1n) is 11.4. The molecule has 0 aromatic carbocycles. The summed E-state index contributed by atoms with van der Waals surface area (Å²) in [5.41, 5.74) is 3.36. The third-order valence-corrected chi connectivity index (χ3v) is 7.14. The number of anilines is 1. The van der Waals surface area contributed by atoms with Crippen molar-refractivity contribution in [3.05, 3.63) is 59.0 Å². The lowest BCUT2D eigenvalue weighted by Gasteiger charge is -2.31. The van der Waals surface area contributed by atoms with Gasteiger partial charge in [-0.25, -0.2) is 0 Å². The average Bonchev–Trinajstić information content (AvgIpc) is 3.12. The van der Waals surface area contributed by atoms with Crippen molar-refractivity contribution in [2.24, 2.45) is 5.92 Å². The Morgan fingerprint density at radius 2 is 1.90 bits per heavy atom. The van der Waals surface area contributed by atoms with Crippen molar-refractivity contribution in [2.75, 3.05) is 5.32 Å². The predicted octanol–water partition coefficient (Wildman–Crippen LogP) is 8.34. The maximum Gasteiger partial charge on any atom is 0.264 e. The number of hydrogen-bond acceptors (Lipinski definition) is 3. The topological polar surface area (TPSA) is 41.1 Å². The SMILES string of the molecule is C=CC(CC)C/C=C(\C)c1cc(NC(=C)C)c(C(=O)NC(C)(CCCCC)C(=C)C)s1. The molecule has 0 aliphatic heterocycles. The second-order valence-corrected chi connectivity index (χ2v) is 9.86. The van der Waals surface area contributed by atoms with Crippen LogP contribution in [-0.2, 0) is 0 Å². The first-order chi connectivity index (χ1) is 14.6. The highest BCUT2D eigenvalue weighted by molar-refractivity contribution is 7.15. The summed E-state index contributed by atoms with van der Waals surface area (Å²) in [5, 5.41) is 6.55. The molecule has 2 unspecified atom stereocenters. The molecule has 0 radical (unpaired) electrons. The fraction of sp³-hybridized carbons (Fsp3) is 0.519. The first-order valence-corrected chi connectivity index (χ1v) is 12.2. The minimum absolute atomic E-state index is 0.0627. The highest BCUT2D eigenvalue weighted by atomic mass is 32.1. The molecule has 2 N–H and O–H groups in total. The van der Waals surface area contributed by atoms with Gasteiger partial charge >= 0.3 is 0 Å². The van der Waals surface area contributed by atoms with Crippen molar-refractivity contribution in [3.63, 3.8) is 0 Å². The zero-order valence-electron chi connectivity index (χ0n) is 20.5. The Labute approximate surface area is 194 Å². The quantitative estimate of drug-likeness (QED) is 0.224. The number of thiophene rings is 1. The second-order valence-electron chi connectivity index (χ2n) is 8.81. The molecule has 172 valence electrons. The van der Waals surface area contributed by atoms with Crippen LogP contribution in [0.4, 0.5) is 5.69 Å². The summed E-state index contributed by atoms with van der Waals surface area (Å²) in [7, 11) is 0. The molecular weight excluding hydrogens is 400 g/mol. The number of carbonyl (C=O) groups excluding carboxylic acids is 1. The van der Waals surface area contributed by atoms with E-state index in [1.54, 1.807) is 0 Å². The number of amides is 1. The number of rotatable bonds is 14. The van der Waals surface area contributed by atoms with Gasteiger partial charge in [0.05, 0.1) is 11.2 Å². The minimum atomic E-state index is -0.417. The van der Waals surface area contributed by atoms with Crippen LogP contribution in [0.1, 0.15) is 94.6 Å². The molecule has 0 aliphatic rings. The Morgan fingerprint density at radius 3 is 2.42 bits per heavy atom. The molecule has 0 saturated carbocycles. The number of unbranched alkanes of at least 4 members (excludes halogenated alkanes) is 2. The van der Waals surface area contributed by atoms with Crippen LogP contribution in [0.2, 0.25) is 0 Å². The number of nitrogens with one attached hydrogen (secondary N) is 2. The van der Waals surface area contributed by atoms with E-state index in [4.69, 9.17) is 0 Å². The number of hydrogen-bond donors (Lipinski definition) is 2. The lowest BCUT2D eigenvalue weighted by atomic mass is 9.87. The van der Waals surface area contributed by atoms with Crippen LogP contribution in [-0.4, -0.2) is 11.4 Å². The van der Waals surface area contributed by atoms with Gasteiger partial charge in [-0.3, -0.25) is 4.79 Å². The van der Waals surface area contributed by atoms with Crippen LogP contribution in [0.15, 0.2) is 49.2 Å². The largest absolute Gasteiger partial charge is 0.358 e. The van der Waals surface area contributed by atoms with Crippen molar-refractivity contribution < 1.29 is 4.79 Å². The molecular formula is C27H42N2OS. The van der Waals surface area contributed by atoms with Gasteiger partial charge in [-0.2, -0.15) is 0 Å². The van der Waals surface area contributed by atoms with E-state index in [1.807, 2.05) is 19.9 Å². The summed E-state index contributed by atoms with van der Waals surface area (Å²) in [6.07, 6.45) is 10.6. The van der Waals surface area contributed by atoms with Crippen LogP contribution in [0.3, 0.4) is 0 Å². The van der Waals surface area contributed by atoms with E-state index < -0.39 is 5.54 Å². The van der Waals surface area contributed by atoms with Crippen molar-refractivity contribution in [1.82, 2.24) is 5.32 Å². The van der Waals surface area contributed by atoms with Gasteiger partial charge in [-0.15, -0.1) is 17.9 Å². The lowest BCUT2D eigenvalue weighted by molar-refractivity contribution is 0.0919. The number of carbonyl (C=O) groups is 1. The van der Waals surface area contributed by atoms with Gasteiger partial charge in [0.2, 0.25) is 0 Å². The first kappa shape index (κ1) is 27.0. The molecule has 1 amide bonds. The molecule has 3 nitrogen and oxygen atoms in total. The molecule has 2 atom stereocenters. The summed E-state index contributed by atoms with van der Waals surface area (Å²) in [6.45, 7) is 24.5. The molecule has 4 heteroatoms. The van der Waals surface area contributed by atoms with Crippen molar-refractivity contribution in [3.8, 4) is 0 Å². The monoisotopic (exact) mass is 442 g/mol. The van der Waals surface area contributed by atoms with Gasteiger partial charge < -0.3 is 10.6 Å². The van der Waals surface area contributed by atoms with Crippen molar-refractivity contribution in [2.45, 2.75) is 85.6 Å². The summed E-state index contributed by atoms with van der Waals surface area (Å²) < 4.78 is 0. The minimum Gasteiger partial charge on any atom is -0.358 e. The molecule has 1 aromatic heterocycles. The van der Waals surface area contributed by atoms with Gasteiger partial charge in [0.1, 0.15) is 4.88 Å². The molecule has 1 rings (SSSR count). The van der Waals surface area contributed by atoms with Gasteiger partial charge in [-0.05, 0) is 64.5 Å². The summed E-state index contributed by atoms with van der Waals surface area (Å²) in [5.74, 6) is 0.414. The summed E-state index contributed by atoms with van der Waals surface area (Å²) in [4.78, 5) is 15.1. The Kier molecular flexibility index (Phi) is 11.1. The molecule has 0 bridgehead atoms. The summed E-state index contributed by atoms with van der Waals surface area (Å²) in [6, 6.07) is 2.06. The predicted molar refractivity (Wildman–Crippen MR) is 140 cm³/mol. The van der Waals surface area contributed by atoms with Crippen LogP contribution in [0, 0.1) is 5.92 Å². The Morgan fingerprint density at radius 1 is 1.23 bits per heavy atom. The zero-order chi connectivity index (χ0) is 23.6. The summed E-state index contributed by atoms with van der Waals surface area (Å²) >= 11 is 1.53. The van der Waals surface area contributed by atoms with Gasteiger partial charge in [-0.1, -0.05) is 64.0 Å². The van der Waals surface area contributed by atoms with Crippen molar-refractivity contribution >= 4 is 28.5 Å². The molecule has 0 fully saturated rings. The van der Waals surface area contributed by atoms with Gasteiger partial charge in [0, 0.05) is 10.6 Å². The Bertz CT molecular complexity index is 817. The molecule has 1 heterocycles. The van der Waals surface area contributed by atoms with Gasteiger partial charge in [0.15, 0.2) is 0 Å². The van der Waals surface area contributed by atoms with E-state index >= 15 is 0 Å². The van der Waals surface area contributed by atoms with Crippen LogP contribution in [0.25, 0.3) is 5.57 Å². The Balaban J connectivity index is 3.19. The maximum absolute atomic E-state index is 13.4. The van der Waals surface area contributed by atoms with E-state index in [0.29, 0.717) is 10.8 Å². The third-order valence-electron chi connectivity index (χ3n) is 5.87. The van der Waals surface area contributed by atoms with Crippen LogP contribution < -0.4 is 10.6 Å². The molecule has 0 aliphatic carbocycles. The van der Waals surface area contributed by atoms with E-state index in [9.17, 15) is 4.79 Å². The third kappa shape index (κ3) is 8.17. The van der Waals surface area contributed by atoms with Crippen molar-refractivity contribution in [1.29, 1.82) is 0 Å². The van der Waals surface area contributed by atoms with Gasteiger partial charge in [0.25, 0.3) is 5.91 Å². The van der Waals surface area contributed by atoms with E-state index in [1.165, 1.54) is 16.9 Å². The standard InChI is InChI=1S/C27H42N2OS/c1-10-13-14-17-27(9,19(4)5)29-26(30)25-23(28-20(6)7)18-24(31-25)21(8)15-16-22(11-2)12-3/h11,15,18,22,28H,2,4,6,10,12-14,16-17H2,1,3,5,7-9H3,(H,29,30)/b21-15+. The van der Waals surface area contributed by atoms with E-state index in [-0.39, 0.29) is 5.91 Å². The van der Waals surface area contributed by atoms with Crippen LogP contribution in [0.5, 0.6) is 0 Å². The fourth-order valence-corrected chi connectivity index (χ4v) is 4.36. The van der Waals surface area contributed by atoms with Crippen LogP contribution >= 0.6 is 11.3 Å². The zero-order valence-corrected chi connectivity index (χ0v) is 21.3. The maximum atomic E-state index is 13.4. The highest BCUT2D eigenvalue weighted by Gasteiger charge is 2.29. The molecule has 0 saturated heterocycles. The average molecular weight is 443 g/mol. The normalized spacial score (nSPS) is 14.5. The second kappa shape index (κ2) is 12.7. The highest BCUT2D eigenvalue weighted by Crippen LogP contribution is 2.34. The molecule has 31 heavy (non-hydrogen) atoms.